The molecule has 0 aliphatic carbocycles. The van der Waals surface area contributed by atoms with Gasteiger partial charge in [-0.15, -0.1) is 0 Å². The van der Waals surface area contributed by atoms with E-state index in [1.807, 2.05) is 0 Å². The van der Waals surface area contributed by atoms with Gasteiger partial charge in [0, 0.05) is 6.07 Å². The number of nitrogens with zero attached hydrogens (tertiary/aromatic N) is 3. The summed E-state index contributed by atoms with van der Waals surface area (Å²) in [6.45, 7) is 1.57. The number of hydrogen-bond donors (Lipinski definition) is 0. The van der Waals surface area contributed by atoms with Gasteiger partial charge in [0.05, 0.1) is 13.0 Å². The van der Waals surface area contributed by atoms with E-state index >= 15 is 0 Å². The van der Waals surface area contributed by atoms with Crippen molar-refractivity contribution in [1.82, 2.24) is 4.98 Å². The molecule has 0 atom stereocenters. The molecule has 106 valence electrons. The van der Waals surface area contributed by atoms with Gasteiger partial charge in [-0.1, -0.05) is 0 Å². The van der Waals surface area contributed by atoms with Gasteiger partial charge in [0.2, 0.25) is 0 Å². The van der Waals surface area contributed by atoms with Crippen LogP contribution in [-0.2, 0) is 16.0 Å². The lowest BCUT2D eigenvalue weighted by atomic mass is 10.0. The molecule has 0 radical (unpaired) electrons. The van der Waals surface area contributed by atoms with Crippen LogP contribution in [0.5, 0.6) is 0 Å². The summed E-state index contributed by atoms with van der Waals surface area (Å²) in [6, 6.07) is 2.44. The van der Waals surface area contributed by atoms with Crippen LogP contribution in [0, 0.1) is 21.4 Å². The van der Waals surface area contributed by atoms with Crippen molar-refractivity contribution >= 4 is 11.8 Å². The molecule has 0 N–H and O–H groups in total. The van der Waals surface area contributed by atoms with Crippen molar-refractivity contribution in [2.24, 2.45) is 0 Å². The van der Waals surface area contributed by atoms with Crippen LogP contribution in [-0.4, -0.2) is 22.5 Å². The van der Waals surface area contributed by atoms with Crippen molar-refractivity contribution < 1.29 is 23.2 Å². The van der Waals surface area contributed by atoms with E-state index in [0.717, 1.165) is 6.07 Å². The van der Waals surface area contributed by atoms with Crippen molar-refractivity contribution in [3.05, 3.63) is 33.0 Å². The summed E-state index contributed by atoms with van der Waals surface area (Å²) in [6.07, 6.45) is -3.79. The van der Waals surface area contributed by atoms with Gasteiger partial charge >= 0.3 is 11.8 Å². The van der Waals surface area contributed by atoms with Crippen LogP contribution in [0.4, 0.5) is 14.6 Å². The molecule has 0 saturated heterocycles. The third-order valence-electron chi connectivity index (χ3n) is 2.27. The minimum absolute atomic E-state index is 0.0428. The molecule has 20 heavy (non-hydrogen) atoms. The zero-order valence-electron chi connectivity index (χ0n) is 10.3. The topological polar surface area (TPSA) is 106 Å². The lowest BCUT2D eigenvalue weighted by molar-refractivity contribution is -0.391. The first kappa shape index (κ1) is 15.4. The maximum Gasteiger partial charge on any atom is 0.374 e. The Morgan fingerprint density at radius 2 is 2.30 bits per heavy atom. The van der Waals surface area contributed by atoms with Crippen LogP contribution in [0.15, 0.2) is 6.07 Å². The van der Waals surface area contributed by atoms with Gasteiger partial charge in [-0.3, -0.25) is 4.79 Å². The predicted molar refractivity (Wildman–Crippen MR) is 60.9 cm³/mol. The van der Waals surface area contributed by atoms with Gasteiger partial charge in [0.15, 0.2) is 0 Å². The number of pyridine rings is 1. The molecule has 1 aromatic heterocycles. The number of carbonyl (C=O) groups excluding carboxylic acids is 1. The Hall–Kier alpha value is -2.63. The monoisotopic (exact) mass is 285 g/mol. The molecule has 0 amide bonds. The molecule has 0 aliphatic rings. The molecule has 0 bridgehead atoms. The van der Waals surface area contributed by atoms with Crippen molar-refractivity contribution in [3.63, 3.8) is 0 Å². The van der Waals surface area contributed by atoms with E-state index in [0.29, 0.717) is 0 Å². The van der Waals surface area contributed by atoms with E-state index < -0.39 is 40.8 Å². The Kier molecular flexibility index (Phi) is 5.02. The maximum atomic E-state index is 12.9. The highest BCUT2D eigenvalue weighted by atomic mass is 19.3. The summed E-state index contributed by atoms with van der Waals surface area (Å²) in [4.78, 5) is 24.2. The summed E-state index contributed by atoms with van der Waals surface area (Å²) >= 11 is 0. The molecule has 0 spiro atoms. The van der Waals surface area contributed by atoms with E-state index in [2.05, 4.69) is 9.72 Å². The van der Waals surface area contributed by atoms with Gasteiger partial charge in [-0.05, 0) is 22.4 Å². The van der Waals surface area contributed by atoms with Crippen LogP contribution >= 0.6 is 0 Å². The normalized spacial score (nSPS) is 10.2. The lowest BCUT2D eigenvalue weighted by Gasteiger charge is -2.08. The highest BCUT2D eigenvalue weighted by molar-refractivity contribution is 5.73. The Morgan fingerprint density at radius 1 is 1.65 bits per heavy atom. The first-order chi connectivity index (χ1) is 9.40. The highest BCUT2D eigenvalue weighted by Crippen LogP contribution is 2.31. The van der Waals surface area contributed by atoms with Crippen molar-refractivity contribution in [2.45, 2.75) is 19.8 Å². The van der Waals surface area contributed by atoms with E-state index in [1.54, 1.807) is 0 Å². The van der Waals surface area contributed by atoms with Gasteiger partial charge in [0.25, 0.3) is 12.1 Å². The molecule has 1 rings (SSSR count). The molecule has 0 fully saturated rings. The first-order valence-corrected chi connectivity index (χ1v) is 5.42. The Morgan fingerprint density at radius 3 is 2.75 bits per heavy atom. The zero-order chi connectivity index (χ0) is 15.3. The average molecular weight is 285 g/mol. The lowest BCUT2D eigenvalue weighted by Crippen LogP contribution is -2.12. The van der Waals surface area contributed by atoms with Crippen molar-refractivity contribution in [1.29, 1.82) is 5.26 Å². The molecule has 0 unspecified atom stereocenters. The van der Waals surface area contributed by atoms with Crippen molar-refractivity contribution in [2.75, 3.05) is 6.61 Å². The van der Waals surface area contributed by atoms with Gasteiger partial charge in [0.1, 0.15) is 11.6 Å². The highest BCUT2D eigenvalue weighted by Gasteiger charge is 2.30. The molecule has 0 aromatic carbocycles. The quantitative estimate of drug-likeness (QED) is 0.464. The predicted octanol–water partition coefficient (Wildman–Crippen LogP) is 1.90. The fraction of sp³-hybridized carbons (Fsp3) is 0.364. The van der Waals surface area contributed by atoms with E-state index in [4.69, 9.17) is 5.26 Å². The van der Waals surface area contributed by atoms with Crippen LogP contribution < -0.4 is 0 Å². The molecular weight excluding hydrogens is 276 g/mol. The molecule has 9 heteroatoms. The van der Waals surface area contributed by atoms with Gasteiger partial charge in [-0.25, -0.2) is 8.78 Å². The number of hydrogen-bond acceptors (Lipinski definition) is 6. The minimum atomic E-state index is -3.19. The molecule has 7 nitrogen and oxygen atoms in total. The van der Waals surface area contributed by atoms with Gasteiger partial charge < -0.3 is 14.9 Å². The second-order valence-corrected chi connectivity index (χ2v) is 3.56. The molecule has 1 heterocycles. The van der Waals surface area contributed by atoms with Gasteiger partial charge in [-0.2, -0.15) is 5.26 Å². The third kappa shape index (κ3) is 3.44. The summed E-state index contributed by atoms with van der Waals surface area (Å²) in [7, 11) is 0. The zero-order valence-corrected chi connectivity index (χ0v) is 10.3. The minimum Gasteiger partial charge on any atom is -0.466 e. The number of aromatic nitrogens is 1. The Labute approximate surface area is 111 Å². The third-order valence-corrected chi connectivity index (χ3v) is 2.27. The summed E-state index contributed by atoms with van der Waals surface area (Å²) in [5, 5.41) is 19.4. The number of nitriles is 1. The summed E-state index contributed by atoms with van der Waals surface area (Å²) in [5.74, 6) is -1.95. The van der Waals surface area contributed by atoms with E-state index in [1.165, 1.54) is 13.0 Å². The fourth-order valence-corrected chi connectivity index (χ4v) is 1.54. The fourth-order valence-electron chi connectivity index (χ4n) is 1.54. The standard InChI is InChI=1S/C11H9F2N3O4/c1-2-20-8(17)4-6-3-7(5-14)15-11(16(18)19)9(6)10(12)13/h3,10H,2,4H2,1H3. The van der Waals surface area contributed by atoms with Crippen LogP contribution in [0.3, 0.4) is 0 Å². The number of carbonyl (C=O) groups is 1. The van der Waals surface area contributed by atoms with Crippen molar-refractivity contribution in [3.8, 4) is 6.07 Å². The second kappa shape index (κ2) is 6.51. The molecular formula is C11H9F2N3O4. The SMILES string of the molecule is CCOC(=O)Cc1cc(C#N)nc([N+](=O)[O-])c1C(F)F. The van der Waals surface area contributed by atoms with E-state index in [-0.39, 0.29) is 12.2 Å². The number of nitro groups is 1. The maximum absolute atomic E-state index is 12.9. The number of rotatable bonds is 5. The number of halogens is 2. The van der Waals surface area contributed by atoms with Crippen LogP contribution in [0.1, 0.15) is 30.2 Å². The largest absolute Gasteiger partial charge is 0.466 e. The van der Waals surface area contributed by atoms with E-state index in [9.17, 15) is 23.7 Å². The molecule has 1 aromatic rings. The Bertz CT molecular complexity index is 584. The van der Waals surface area contributed by atoms with Crippen LogP contribution in [0.25, 0.3) is 0 Å². The number of ether oxygens (including phenoxy) is 1. The molecule has 0 aliphatic heterocycles. The first-order valence-electron chi connectivity index (χ1n) is 5.42. The Balaban J connectivity index is 3.39. The number of esters is 1. The molecule has 0 saturated carbocycles. The number of alkyl halides is 2. The van der Waals surface area contributed by atoms with Crippen LogP contribution in [0.2, 0.25) is 0 Å². The summed E-state index contributed by atoms with van der Waals surface area (Å²) in [5.41, 5.74) is -1.72. The smallest absolute Gasteiger partial charge is 0.374 e. The second-order valence-electron chi connectivity index (χ2n) is 3.56. The average Bonchev–Trinajstić information content (AvgIpc) is 2.37. The summed E-state index contributed by atoms with van der Waals surface area (Å²) < 4.78 is 30.5.